The maximum atomic E-state index is 13.3. The normalized spacial score (nSPS) is 27.5. The fourth-order valence-corrected chi connectivity index (χ4v) is 2.24. The number of halogens is 3. The van der Waals surface area contributed by atoms with E-state index in [1.807, 2.05) is 0 Å². The minimum Gasteiger partial charge on any atom is -0.454 e. The molecular formula is C11H12ClF2NO2. The van der Waals surface area contributed by atoms with Gasteiger partial charge in [-0.05, 0) is 17.7 Å². The molecule has 1 aliphatic heterocycles. The van der Waals surface area contributed by atoms with Gasteiger partial charge in [0.15, 0.2) is 11.5 Å². The number of hydrogen-bond acceptors (Lipinski definition) is 3. The number of rotatable bonds is 2. The number of nitrogens with two attached hydrogens (primary N) is 1. The largest absolute Gasteiger partial charge is 0.454 e. The van der Waals surface area contributed by atoms with Gasteiger partial charge < -0.3 is 15.2 Å². The zero-order valence-electron chi connectivity index (χ0n) is 8.86. The number of fused-ring (bicyclic) bond motifs is 1. The van der Waals surface area contributed by atoms with Gasteiger partial charge in [0.1, 0.15) is 0 Å². The molecule has 2 aliphatic rings. The summed E-state index contributed by atoms with van der Waals surface area (Å²) in [6, 6.07) is 4.94. The van der Waals surface area contributed by atoms with Crippen molar-refractivity contribution in [1.82, 2.24) is 0 Å². The maximum absolute atomic E-state index is 13.3. The van der Waals surface area contributed by atoms with Gasteiger partial charge >= 0.3 is 0 Å². The van der Waals surface area contributed by atoms with Gasteiger partial charge in [-0.15, -0.1) is 12.4 Å². The Labute approximate surface area is 103 Å². The predicted octanol–water partition coefficient (Wildman–Crippen LogP) is 2.14. The summed E-state index contributed by atoms with van der Waals surface area (Å²) in [5, 5.41) is 0. The monoisotopic (exact) mass is 263 g/mol. The van der Waals surface area contributed by atoms with Crippen LogP contribution < -0.4 is 15.2 Å². The van der Waals surface area contributed by atoms with Gasteiger partial charge in [-0.3, -0.25) is 0 Å². The van der Waals surface area contributed by atoms with E-state index in [0.29, 0.717) is 17.1 Å². The van der Waals surface area contributed by atoms with E-state index in [0.717, 1.165) is 0 Å². The second-order valence-electron chi connectivity index (χ2n) is 4.11. The van der Waals surface area contributed by atoms with E-state index in [4.69, 9.17) is 15.2 Å². The van der Waals surface area contributed by atoms with Crippen LogP contribution in [0.15, 0.2) is 18.2 Å². The van der Waals surface area contributed by atoms with Gasteiger partial charge in [-0.25, -0.2) is 8.78 Å². The lowest BCUT2D eigenvalue weighted by Gasteiger charge is -2.01. The van der Waals surface area contributed by atoms with Gasteiger partial charge in [-0.2, -0.15) is 0 Å². The lowest BCUT2D eigenvalue weighted by atomic mass is 10.1. The van der Waals surface area contributed by atoms with Gasteiger partial charge in [-0.1, -0.05) is 6.07 Å². The topological polar surface area (TPSA) is 44.5 Å². The van der Waals surface area contributed by atoms with Gasteiger partial charge in [0.2, 0.25) is 6.79 Å². The molecule has 3 rings (SSSR count). The third-order valence-corrected chi connectivity index (χ3v) is 3.21. The molecule has 0 amide bonds. The molecule has 17 heavy (non-hydrogen) atoms. The lowest BCUT2D eigenvalue weighted by molar-refractivity contribution is 0.0947. The second-order valence-corrected chi connectivity index (χ2v) is 4.11. The number of benzene rings is 1. The van der Waals surface area contributed by atoms with Gasteiger partial charge in [0.05, 0.1) is 5.92 Å². The molecule has 0 spiro atoms. The summed E-state index contributed by atoms with van der Waals surface area (Å²) in [6.45, 7) is 0.159. The lowest BCUT2D eigenvalue weighted by Crippen LogP contribution is -2.06. The van der Waals surface area contributed by atoms with Crippen LogP contribution in [0.25, 0.3) is 0 Å². The van der Waals surface area contributed by atoms with Crippen molar-refractivity contribution in [3.63, 3.8) is 0 Å². The minimum absolute atomic E-state index is 0. The highest BCUT2D eigenvalue weighted by Crippen LogP contribution is 2.61. The van der Waals surface area contributed by atoms with E-state index < -0.39 is 17.8 Å². The molecule has 1 heterocycles. The van der Waals surface area contributed by atoms with Crippen molar-refractivity contribution in [3.05, 3.63) is 23.8 Å². The minimum atomic E-state index is -2.68. The molecule has 0 radical (unpaired) electrons. The Morgan fingerprint density at radius 1 is 1.29 bits per heavy atom. The van der Waals surface area contributed by atoms with E-state index in [1.165, 1.54) is 0 Å². The zero-order chi connectivity index (χ0) is 11.3. The average molecular weight is 264 g/mol. The van der Waals surface area contributed by atoms with Crippen LogP contribution in [-0.2, 0) is 0 Å². The summed E-state index contributed by atoms with van der Waals surface area (Å²) in [4.78, 5) is 0. The Bertz CT molecular complexity index is 441. The number of hydrogen-bond donors (Lipinski definition) is 1. The van der Waals surface area contributed by atoms with Crippen LogP contribution >= 0.6 is 12.4 Å². The van der Waals surface area contributed by atoms with Crippen LogP contribution in [0.5, 0.6) is 11.5 Å². The highest BCUT2D eigenvalue weighted by molar-refractivity contribution is 5.85. The first-order chi connectivity index (χ1) is 7.64. The number of alkyl halides is 2. The summed E-state index contributed by atoms with van der Waals surface area (Å²) in [7, 11) is 0. The Morgan fingerprint density at radius 3 is 2.65 bits per heavy atom. The van der Waals surface area contributed by atoms with Crippen LogP contribution in [0.4, 0.5) is 8.78 Å². The molecule has 2 atom stereocenters. The van der Waals surface area contributed by atoms with E-state index in [2.05, 4.69) is 0 Å². The van der Waals surface area contributed by atoms with Crippen molar-refractivity contribution in [1.29, 1.82) is 0 Å². The predicted molar refractivity (Wildman–Crippen MR) is 60.0 cm³/mol. The molecule has 0 saturated heterocycles. The van der Waals surface area contributed by atoms with Crippen LogP contribution in [0, 0.1) is 5.92 Å². The molecule has 2 unspecified atom stereocenters. The van der Waals surface area contributed by atoms with E-state index in [9.17, 15) is 8.78 Å². The van der Waals surface area contributed by atoms with Crippen LogP contribution in [0.1, 0.15) is 11.5 Å². The first kappa shape index (κ1) is 12.4. The summed E-state index contributed by atoms with van der Waals surface area (Å²) >= 11 is 0. The van der Waals surface area contributed by atoms with Crippen LogP contribution in [-0.4, -0.2) is 19.3 Å². The zero-order valence-corrected chi connectivity index (χ0v) is 9.68. The van der Waals surface area contributed by atoms with Crippen molar-refractivity contribution < 1.29 is 18.3 Å². The fourth-order valence-electron chi connectivity index (χ4n) is 2.24. The quantitative estimate of drug-likeness (QED) is 0.889. The van der Waals surface area contributed by atoms with Crippen molar-refractivity contribution in [2.45, 2.75) is 11.8 Å². The molecule has 1 aromatic rings. The maximum Gasteiger partial charge on any atom is 0.260 e. The van der Waals surface area contributed by atoms with Gasteiger partial charge in [0.25, 0.3) is 5.92 Å². The third kappa shape index (κ3) is 1.73. The Morgan fingerprint density at radius 2 is 2.00 bits per heavy atom. The molecule has 1 aliphatic carbocycles. The standard InChI is InChI=1S/C11H11F2NO2.ClH/c12-11(13)7(4-14)10(11)6-1-2-8-9(3-6)16-5-15-8;/h1-3,7,10H,4-5,14H2;1H. The van der Waals surface area contributed by atoms with Crippen molar-refractivity contribution in [2.75, 3.05) is 13.3 Å². The molecule has 1 saturated carbocycles. The summed E-state index contributed by atoms with van der Waals surface area (Å²) in [5.74, 6) is -3.05. The fraction of sp³-hybridized carbons (Fsp3) is 0.455. The third-order valence-electron chi connectivity index (χ3n) is 3.21. The Balaban J connectivity index is 0.00000108. The molecule has 6 heteroatoms. The van der Waals surface area contributed by atoms with Crippen molar-refractivity contribution in [2.24, 2.45) is 11.7 Å². The van der Waals surface area contributed by atoms with E-state index >= 15 is 0 Å². The second kappa shape index (κ2) is 3.99. The van der Waals surface area contributed by atoms with E-state index in [1.54, 1.807) is 18.2 Å². The smallest absolute Gasteiger partial charge is 0.260 e. The highest BCUT2D eigenvalue weighted by Gasteiger charge is 2.67. The summed E-state index contributed by atoms with van der Waals surface area (Å²) in [5.41, 5.74) is 5.89. The van der Waals surface area contributed by atoms with E-state index in [-0.39, 0.29) is 25.7 Å². The first-order valence-electron chi connectivity index (χ1n) is 5.12. The molecule has 1 fully saturated rings. The number of ether oxygens (including phenoxy) is 2. The molecule has 0 aromatic heterocycles. The molecule has 3 nitrogen and oxygen atoms in total. The first-order valence-corrected chi connectivity index (χ1v) is 5.12. The van der Waals surface area contributed by atoms with Gasteiger partial charge in [0, 0.05) is 12.5 Å². The van der Waals surface area contributed by atoms with Crippen molar-refractivity contribution >= 4 is 12.4 Å². The summed E-state index contributed by atoms with van der Waals surface area (Å²) < 4.78 is 37.0. The molecule has 0 bridgehead atoms. The molecule has 1 aromatic carbocycles. The average Bonchev–Trinajstić information content (AvgIpc) is 2.62. The molecule has 94 valence electrons. The SMILES string of the molecule is Cl.NCC1C(c2ccc3c(c2)OCO3)C1(F)F. The highest BCUT2D eigenvalue weighted by atomic mass is 35.5. The van der Waals surface area contributed by atoms with Crippen LogP contribution in [0.2, 0.25) is 0 Å². The Hall–Kier alpha value is -1.07. The van der Waals surface area contributed by atoms with Crippen molar-refractivity contribution in [3.8, 4) is 11.5 Å². The van der Waals surface area contributed by atoms with Crippen LogP contribution in [0.3, 0.4) is 0 Å². The molecule has 2 N–H and O–H groups in total. The Kier molecular flexibility index (Phi) is 2.91. The summed E-state index contributed by atoms with van der Waals surface area (Å²) in [6.07, 6.45) is 0. The molecular weight excluding hydrogens is 252 g/mol.